The minimum Gasteiger partial charge on any atom is -0.364 e. The van der Waals surface area contributed by atoms with Crippen LogP contribution in [0.2, 0.25) is 0 Å². The molecular formula is C17H18F3N3O2. The van der Waals surface area contributed by atoms with E-state index in [1.54, 1.807) is 42.2 Å². The Bertz CT molecular complexity index is 745. The Morgan fingerprint density at radius 3 is 2.56 bits per heavy atom. The summed E-state index contributed by atoms with van der Waals surface area (Å²) in [5.74, 6) is -0.0804. The van der Waals surface area contributed by atoms with E-state index in [1.807, 2.05) is 0 Å². The maximum Gasteiger partial charge on any atom is 0.416 e. The Morgan fingerprint density at radius 2 is 2.04 bits per heavy atom. The first-order valence-electron chi connectivity index (χ1n) is 7.83. The molecule has 1 amide bonds. The van der Waals surface area contributed by atoms with Gasteiger partial charge < -0.3 is 14.2 Å². The zero-order chi connectivity index (χ0) is 18.1. The van der Waals surface area contributed by atoms with Crippen molar-refractivity contribution in [1.29, 1.82) is 0 Å². The molecule has 1 aromatic heterocycles. The molecular weight excluding hydrogens is 335 g/mol. The predicted molar refractivity (Wildman–Crippen MR) is 83.4 cm³/mol. The van der Waals surface area contributed by atoms with Crippen molar-refractivity contribution in [3.63, 3.8) is 0 Å². The van der Waals surface area contributed by atoms with Gasteiger partial charge >= 0.3 is 6.18 Å². The van der Waals surface area contributed by atoms with Crippen molar-refractivity contribution in [2.45, 2.75) is 24.7 Å². The number of imidazole rings is 1. The fraction of sp³-hybridized carbons (Fsp3) is 0.412. The predicted octanol–water partition coefficient (Wildman–Crippen LogP) is 2.63. The summed E-state index contributed by atoms with van der Waals surface area (Å²) in [4.78, 5) is 17.3. The second-order valence-electron chi connectivity index (χ2n) is 5.97. The highest BCUT2D eigenvalue weighted by molar-refractivity contribution is 5.80. The molecule has 1 fully saturated rings. The summed E-state index contributed by atoms with van der Waals surface area (Å²) >= 11 is 0. The van der Waals surface area contributed by atoms with Crippen LogP contribution >= 0.6 is 0 Å². The Hall–Kier alpha value is -2.35. The number of aryl methyl sites for hydroxylation is 1. The molecule has 0 spiro atoms. The van der Waals surface area contributed by atoms with Crippen LogP contribution in [0.25, 0.3) is 0 Å². The maximum atomic E-state index is 13.8. The fourth-order valence-corrected chi connectivity index (χ4v) is 3.10. The number of likely N-dealkylation sites (tertiary alicyclic amines) is 1. The van der Waals surface area contributed by atoms with Crippen molar-refractivity contribution in [3.05, 3.63) is 54.1 Å². The highest BCUT2D eigenvalue weighted by atomic mass is 19.4. The number of ether oxygens (including phenoxy) is 1. The molecule has 1 atom stereocenters. The van der Waals surface area contributed by atoms with Gasteiger partial charge in [0.2, 0.25) is 5.91 Å². The number of rotatable bonds is 5. The van der Waals surface area contributed by atoms with Crippen molar-refractivity contribution in [2.24, 2.45) is 7.05 Å². The molecule has 1 unspecified atom stereocenters. The number of carbonyl (C=O) groups excluding carboxylic acids is 1. The topological polar surface area (TPSA) is 47.4 Å². The number of benzene rings is 1. The van der Waals surface area contributed by atoms with Gasteiger partial charge in [0.05, 0.1) is 0 Å². The molecule has 0 aliphatic carbocycles. The Labute approximate surface area is 143 Å². The third-order valence-electron chi connectivity index (χ3n) is 4.56. The lowest BCUT2D eigenvalue weighted by molar-refractivity contribution is -0.269. The van der Waals surface area contributed by atoms with Crippen LogP contribution in [-0.2, 0) is 28.7 Å². The molecule has 1 aromatic carbocycles. The van der Waals surface area contributed by atoms with Gasteiger partial charge in [0.15, 0.2) is 5.54 Å². The van der Waals surface area contributed by atoms with Gasteiger partial charge in [-0.25, -0.2) is 4.98 Å². The van der Waals surface area contributed by atoms with E-state index in [9.17, 15) is 18.0 Å². The fourth-order valence-electron chi connectivity index (χ4n) is 3.10. The first kappa shape index (κ1) is 17.5. The van der Waals surface area contributed by atoms with Crippen LogP contribution in [0.3, 0.4) is 0 Å². The standard InChI is InChI=1S/C17H18F3N3O2/c1-22-10-8-21-14(22)11-25-12-15(24)23-9-7-16(23,17(18,19)20)13-5-3-2-4-6-13/h2-6,8,10H,7,9,11-12H2,1H3. The van der Waals surface area contributed by atoms with E-state index < -0.39 is 24.2 Å². The van der Waals surface area contributed by atoms with Crippen LogP contribution in [-0.4, -0.2) is 39.7 Å². The zero-order valence-corrected chi connectivity index (χ0v) is 13.7. The van der Waals surface area contributed by atoms with Gasteiger partial charge in [-0.05, 0) is 5.56 Å². The first-order valence-corrected chi connectivity index (χ1v) is 7.83. The summed E-state index contributed by atoms with van der Waals surface area (Å²) in [6.07, 6.45) is -1.40. The van der Waals surface area contributed by atoms with Crippen LogP contribution in [0.1, 0.15) is 17.8 Å². The van der Waals surface area contributed by atoms with Gasteiger partial charge in [0.1, 0.15) is 19.0 Å². The van der Waals surface area contributed by atoms with Crippen molar-refractivity contribution in [3.8, 4) is 0 Å². The van der Waals surface area contributed by atoms with E-state index in [-0.39, 0.29) is 25.1 Å². The number of nitrogens with zero attached hydrogens (tertiary/aromatic N) is 3. The van der Waals surface area contributed by atoms with Crippen LogP contribution in [0.5, 0.6) is 0 Å². The molecule has 0 bridgehead atoms. The van der Waals surface area contributed by atoms with Crippen molar-refractivity contribution in [1.82, 2.24) is 14.5 Å². The van der Waals surface area contributed by atoms with Gasteiger partial charge in [0.25, 0.3) is 0 Å². The van der Waals surface area contributed by atoms with Gasteiger partial charge in [0, 0.05) is 32.4 Å². The monoisotopic (exact) mass is 353 g/mol. The second-order valence-corrected chi connectivity index (χ2v) is 5.97. The van der Waals surface area contributed by atoms with E-state index in [0.717, 1.165) is 4.90 Å². The van der Waals surface area contributed by atoms with Crippen molar-refractivity contribution >= 4 is 5.91 Å². The van der Waals surface area contributed by atoms with Crippen molar-refractivity contribution in [2.75, 3.05) is 13.2 Å². The smallest absolute Gasteiger partial charge is 0.364 e. The summed E-state index contributed by atoms with van der Waals surface area (Å²) < 4.78 is 48.4. The van der Waals surface area contributed by atoms with Crippen LogP contribution in [0.15, 0.2) is 42.7 Å². The molecule has 0 N–H and O–H groups in total. The summed E-state index contributed by atoms with van der Waals surface area (Å²) in [5, 5.41) is 0. The molecule has 3 rings (SSSR count). The molecule has 2 aromatic rings. The van der Waals surface area contributed by atoms with E-state index in [4.69, 9.17) is 4.74 Å². The summed E-state index contributed by atoms with van der Waals surface area (Å²) in [5.41, 5.74) is -2.19. The average molecular weight is 353 g/mol. The Kier molecular flexibility index (Phi) is 4.55. The van der Waals surface area contributed by atoms with Crippen LogP contribution in [0.4, 0.5) is 13.2 Å². The van der Waals surface area contributed by atoms with E-state index >= 15 is 0 Å². The number of carbonyl (C=O) groups is 1. The zero-order valence-electron chi connectivity index (χ0n) is 13.7. The van der Waals surface area contributed by atoms with Crippen LogP contribution in [0, 0.1) is 0 Å². The number of alkyl halides is 3. The number of halogens is 3. The Morgan fingerprint density at radius 1 is 1.32 bits per heavy atom. The lowest BCUT2D eigenvalue weighted by atomic mass is 9.77. The second kappa shape index (κ2) is 6.51. The normalized spacial score (nSPS) is 20.4. The van der Waals surface area contributed by atoms with Crippen molar-refractivity contribution < 1.29 is 22.7 Å². The molecule has 1 aliphatic heterocycles. The van der Waals surface area contributed by atoms with E-state index in [0.29, 0.717) is 5.82 Å². The summed E-state index contributed by atoms with van der Waals surface area (Å²) in [7, 11) is 1.77. The van der Waals surface area contributed by atoms with E-state index in [1.165, 1.54) is 12.1 Å². The average Bonchev–Trinajstić information content (AvgIpc) is 2.92. The molecule has 2 heterocycles. The molecule has 0 radical (unpaired) electrons. The SMILES string of the molecule is Cn1ccnc1COCC(=O)N1CCC1(c1ccccc1)C(F)(F)F. The maximum absolute atomic E-state index is 13.8. The highest BCUT2D eigenvalue weighted by Crippen LogP contribution is 2.52. The summed E-state index contributed by atoms with van der Waals surface area (Å²) in [6.45, 7) is -0.302. The minimum absolute atomic E-state index is 0.0546. The summed E-state index contributed by atoms with van der Waals surface area (Å²) in [6, 6.07) is 7.54. The van der Waals surface area contributed by atoms with Gasteiger partial charge in [-0.3, -0.25) is 4.79 Å². The number of hydrogen-bond acceptors (Lipinski definition) is 3. The molecule has 1 saturated heterocycles. The quantitative estimate of drug-likeness (QED) is 0.830. The third kappa shape index (κ3) is 3.02. The molecule has 0 saturated carbocycles. The molecule has 134 valence electrons. The highest BCUT2D eigenvalue weighted by Gasteiger charge is 2.65. The minimum atomic E-state index is -4.55. The molecule has 5 nitrogen and oxygen atoms in total. The molecule has 1 aliphatic rings. The Balaban J connectivity index is 1.72. The molecule has 25 heavy (non-hydrogen) atoms. The number of amides is 1. The van der Waals surface area contributed by atoms with Gasteiger partial charge in [-0.1, -0.05) is 30.3 Å². The first-order chi connectivity index (χ1) is 11.9. The van der Waals surface area contributed by atoms with Gasteiger partial charge in [-0.15, -0.1) is 0 Å². The lowest BCUT2D eigenvalue weighted by Gasteiger charge is -2.53. The number of aromatic nitrogens is 2. The lowest BCUT2D eigenvalue weighted by Crippen LogP contribution is -2.67. The molecule has 8 heteroatoms. The van der Waals surface area contributed by atoms with Crippen LogP contribution < -0.4 is 0 Å². The number of hydrogen-bond donors (Lipinski definition) is 0. The van der Waals surface area contributed by atoms with E-state index in [2.05, 4.69) is 4.98 Å². The largest absolute Gasteiger partial charge is 0.416 e. The van der Waals surface area contributed by atoms with Gasteiger partial charge in [-0.2, -0.15) is 13.2 Å². The third-order valence-corrected chi connectivity index (χ3v) is 4.56.